The summed E-state index contributed by atoms with van der Waals surface area (Å²) in [6, 6.07) is 0. The maximum absolute atomic E-state index is 14.0. The molecule has 0 radical (unpaired) electrons. The zero-order valence-corrected chi connectivity index (χ0v) is 54.2. The molecular weight excluding hydrogens is 1500 g/mol. The smallest absolute Gasteiger partial charge is 0.480 e. The predicted octanol–water partition coefficient (Wildman–Crippen LogP) is 1.67. The van der Waals surface area contributed by atoms with Crippen molar-refractivity contribution in [2.75, 3.05) is 118 Å². The lowest BCUT2D eigenvalue weighted by atomic mass is 10.2. The summed E-state index contributed by atoms with van der Waals surface area (Å²) in [6.07, 6.45) is -28.2. The second-order valence-electron chi connectivity index (χ2n) is 19.2. The first-order valence-electron chi connectivity index (χ1n) is 28.7. The number of rotatable bonds is 36. The Balaban J connectivity index is -0.000000246. The Morgan fingerprint density at radius 3 is 0.529 bits per heavy atom. The number of nitrogens with two attached hydrogens (primary N) is 6. The second-order valence-corrected chi connectivity index (χ2v) is 19.2. The lowest BCUT2D eigenvalue weighted by Gasteiger charge is -2.32. The van der Waals surface area contributed by atoms with Gasteiger partial charge in [0.1, 0.15) is 6.54 Å². The lowest BCUT2D eigenvalue weighted by Crippen LogP contribution is -2.52. The van der Waals surface area contributed by atoms with Crippen molar-refractivity contribution in [2.45, 2.75) is 120 Å². The van der Waals surface area contributed by atoms with Crippen molar-refractivity contribution in [3.63, 3.8) is 0 Å². The van der Waals surface area contributed by atoms with Gasteiger partial charge < -0.3 is 105 Å². The third-order valence-corrected chi connectivity index (χ3v) is 10.6. The van der Waals surface area contributed by atoms with Gasteiger partial charge in [-0.25, -0.2) is 33.6 Å². The Kier molecular flexibility index (Phi) is 62.8. The normalized spacial score (nSPS) is 11.1. The number of unbranched alkanes of at least 4 members (excludes halogenated alkanes) is 6. The van der Waals surface area contributed by atoms with Crippen LogP contribution in [0.3, 0.4) is 0 Å². The molecular formula is C50H81F21N12O21. The van der Waals surface area contributed by atoms with Crippen LogP contribution in [0, 0.1) is 0 Å². The summed E-state index contributed by atoms with van der Waals surface area (Å²) in [5.41, 5.74) is 34.0. The van der Waals surface area contributed by atoms with E-state index in [9.17, 15) is 126 Å². The third kappa shape index (κ3) is 71.7. The SMILES string of the molecule is NCCCCNCC(=O)N(CCCCN)CC(=O)N(CCCCN)CC(=O)N(CCCCN)CC(=O)N(CCCCN)CC(=O)N(CCCCN)CC(=O)O.O=C(O)C(F)(F)F.O=C(O)C(F)(F)F.O=C(O)C(F)(F)F.O=C(O)C(F)(F)F.O=C(O)C(F)(F)F.O=C(O)C(F)(F)F.O=C(O)C(F)(F)F. The van der Waals surface area contributed by atoms with E-state index < -0.39 is 121 Å². The monoisotopic (exact) mass is 1580 g/mol. The molecule has 54 heteroatoms. The van der Waals surface area contributed by atoms with E-state index in [-0.39, 0.29) is 64.8 Å². The summed E-state index contributed by atoms with van der Waals surface area (Å²) >= 11 is 0. The minimum absolute atomic E-state index is 0.0513. The van der Waals surface area contributed by atoms with Crippen LogP contribution in [0.5, 0.6) is 0 Å². The minimum atomic E-state index is -5.08. The number of carboxylic acids is 8. The second kappa shape index (κ2) is 58.7. The number of hydrogen-bond acceptors (Lipinski definition) is 20. The van der Waals surface area contributed by atoms with Crippen molar-refractivity contribution >= 4 is 77.3 Å². The molecule has 104 heavy (non-hydrogen) atoms. The minimum Gasteiger partial charge on any atom is -0.480 e. The van der Waals surface area contributed by atoms with Crippen LogP contribution < -0.4 is 39.7 Å². The Hall–Kier alpha value is -8.64. The fourth-order valence-corrected chi connectivity index (χ4v) is 5.61. The molecule has 0 aromatic heterocycles. The van der Waals surface area contributed by atoms with Gasteiger partial charge in [0.2, 0.25) is 29.5 Å². The van der Waals surface area contributed by atoms with Crippen molar-refractivity contribution in [2.24, 2.45) is 34.4 Å². The summed E-state index contributed by atoms with van der Waals surface area (Å²) in [6.45, 7) is 2.45. The maximum Gasteiger partial charge on any atom is 0.490 e. The molecule has 0 saturated heterocycles. The van der Waals surface area contributed by atoms with E-state index in [0.717, 1.165) is 12.8 Å². The summed E-state index contributed by atoms with van der Waals surface area (Å²) in [7, 11) is 0. The van der Waals surface area contributed by atoms with Crippen LogP contribution in [0.2, 0.25) is 0 Å². The van der Waals surface area contributed by atoms with Crippen LogP contribution in [-0.4, -0.2) is 304 Å². The average molecular weight is 1590 g/mol. The van der Waals surface area contributed by atoms with E-state index in [4.69, 9.17) is 104 Å². The van der Waals surface area contributed by atoms with Gasteiger partial charge >= 0.3 is 91.0 Å². The predicted molar refractivity (Wildman–Crippen MR) is 309 cm³/mol. The molecule has 0 fully saturated rings. The highest BCUT2D eigenvalue weighted by atomic mass is 19.4. The van der Waals surface area contributed by atoms with Gasteiger partial charge in [-0.1, -0.05) is 0 Å². The molecule has 0 rings (SSSR count). The van der Waals surface area contributed by atoms with Crippen molar-refractivity contribution < 1.29 is 195 Å². The Labute approximate surface area is 574 Å². The number of nitrogens with zero attached hydrogens (tertiary/aromatic N) is 5. The van der Waals surface area contributed by atoms with Crippen LogP contribution in [-0.2, 0) is 62.3 Å². The molecule has 0 aliphatic heterocycles. The van der Waals surface area contributed by atoms with E-state index >= 15 is 0 Å². The number of alkyl halides is 21. The molecule has 0 unspecified atom stereocenters. The third-order valence-electron chi connectivity index (χ3n) is 10.6. The Morgan fingerprint density at radius 2 is 0.385 bits per heavy atom. The molecule has 614 valence electrons. The molecule has 0 aromatic rings. The molecule has 33 nitrogen and oxygen atoms in total. The topological polar surface area (TPSA) is 568 Å². The first-order chi connectivity index (χ1) is 47.1. The van der Waals surface area contributed by atoms with Crippen LogP contribution >= 0.6 is 0 Å². The Bertz CT molecular complexity index is 2280. The fourth-order valence-electron chi connectivity index (χ4n) is 5.61. The molecule has 0 saturated carbocycles. The van der Waals surface area contributed by atoms with Crippen LogP contribution in [0.4, 0.5) is 92.2 Å². The summed E-state index contributed by atoms with van der Waals surface area (Å²) in [5.74, 6) is -22.6. The maximum atomic E-state index is 14.0. The van der Waals surface area contributed by atoms with E-state index in [2.05, 4.69) is 5.32 Å². The summed E-state index contributed by atoms with van der Waals surface area (Å²) < 4.78 is 222. The summed E-state index contributed by atoms with van der Waals surface area (Å²) in [4.78, 5) is 149. The number of amides is 5. The molecule has 0 heterocycles. The quantitative estimate of drug-likeness (QED) is 0.0313. The summed E-state index contributed by atoms with van der Waals surface area (Å²) in [5, 5.41) is 62.4. The number of nitrogens with one attached hydrogen (secondary N) is 1. The number of carboxylic acid groups (broad SMARTS) is 8. The van der Waals surface area contributed by atoms with E-state index in [0.29, 0.717) is 117 Å². The molecule has 0 aliphatic carbocycles. The van der Waals surface area contributed by atoms with Gasteiger partial charge in [0.15, 0.2) is 0 Å². The van der Waals surface area contributed by atoms with E-state index in [1.54, 1.807) is 0 Å². The van der Waals surface area contributed by atoms with Gasteiger partial charge in [-0.2, -0.15) is 92.2 Å². The van der Waals surface area contributed by atoms with Crippen LogP contribution in [0.1, 0.15) is 77.0 Å². The zero-order valence-electron chi connectivity index (χ0n) is 54.2. The standard InChI is InChI=1S/C36H74N12O7.7C2HF3O2/c37-13-1-7-19-43-25-31(49)44(20-8-2-14-38)26-32(50)45(21-9-3-15-39)27-33(51)46(22-10-4-16-40)28-34(52)47(23-11-5-17-41)29-35(53)48(30-36(54)55)24-12-6-18-42;7*3-2(4,5)1(6)7/h43H,1-30,37-42H2,(H,54,55);7*(H,6,7). The van der Waals surface area contributed by atoms with Crippen molar-refractivity contribution in [1.29, 1.82) is 0 Å². The number of aliphatic carboxylic acids is 8. The highest BCUT2D eigenvalue weighted by molar-refractivity contribution is 5.92. The molecule has 0 bridgehead atoms. The molecule has 0 atom stereocenters. The van der Waals surface area contributed by atoms with E-state index in [1.165, 1.54) is 24.5 Å². The molecule has 0 aliphatic rings. The number of hydrogen-bond donors (Lipinski definition) is 15. The molecule has 21 N–H and O–H groups in total. The van der Waals surface area contributed by atoms with Gasteiger partial charge in [-0.15, -0.1) is 0 Å². The van der Waals surface area contributed by atoms with Gasteiger partial charge in [0.25, 0.3) is 0 Å². The van der Waals surface area contributed by atoms with Gasteiger partial charge in [-0.05, 0) is 123 Å². The molecule has 0 aromatic carbocycles. The largest absolute Gasteiger partial charge is 0.490 e. The zero-order chi connectivity index (χ0) is 83.8. The molecule has 5 amide bonds. The highest BCUT2D eigenvalue weighted by Gasteiger charge is 2.42. The molecule has 0 spiro atoms. The average Bonchev–Trinajstić information content (AvgIpc) is 0.860. The number of carbonyl (C=O) groups is 13. The fraction of sp³-hybridized carbons (Fsp3) is 0.740. The van der Waals surface area contributed by atoms with Gasteiger partial charge in [0, 0.05) is 32.7 Å². The first kappa shape index (κ1) is 111. The Morgan fingerprint density at radius 1 is 0.240 bits per heavy atom. The number of halogens is 21. The highest BCUT2D eigenvalue weighted by Crippen LogP contribution is 2.18. The van der Waals surface area contributed by atoms with E-state index in [1.807, 2.05) is 0 Å². The number of carbonyl (C=O) groups excluding carboxylic acids is 5. The first-order valence-corrected chi connectivity index (χ1v) is 28.7. The van der Waals surface area contributed by atoms with Gasteiger partial charge in [0.05, 0.1) is 32.7 Å². The van der Waals surface area contributed by atoms with Crippen LogP contribution in [0.15, 0.2) is 0 Å². The van der Waals surface area contributed by atoms with Gasteiger partial charge in [-0.3, -0.25) is 28.8 Å². The van der Waals surface area contributed by atoms with Crippen molar-refractivity contribution in [1.82, 2.24) is 29.8 Å². The van der Waals surface area contributed by atoms with Crippen LogP contribution in [0.25, 0.3) is 0 Å². The van der Waals surface area contributed by atoms with Crippen molar-refractivity contribution in [3.8, 4) is 0 Å². The lowest BCUT2D eigenvalue weighted by molar-refractivity contribution is -0.193. The van der Waals surface area contributed by atoms with Crippen molar-refractivity contribution in [3.05, 3.63) is 0 Å².